The van der Waals surface area contributed by atoms with Gasteiger partial charge in [-0.3, -0.25) is 4.79 Å². The van der Waals surface area contributed by atoms with E-state index in [-0.39, 0.29) is 12.5 Å². The summed E-state index contributed by atoms with van der Waals surface area (Å²) in [5.74, 6) is 1.88. The maximum Gasteiger partial charge on any atom is 0.262 e. The van der Waals surface area contributed by atoms with E-state index in [2.05, 4.69) is 21.2 Å². The van der Waals surface area contributed by atoms with Gasteiger partial charge in [-0.05, 0) is 35.0 Å². The fourth-order valence-corrected chi connectivity index (χ4v) is 2.62. The number of halogens is 1. The molecule has 0 bridgehead atoms. The molecular weight excluding hydrogens is 390 g/mol. The van der Waals surface area contributed by atoms with Gasteiger partial charge in [0.2, 0.25) is 0 Å². The van der Waals surface area contributed by atoms with Crippen LogP contribution in [0.1, 0.15) is 6.92 Å². The molecule has 6 nitrogen and oxygen atoms in total. The van der Waals surface area contributed by atoms with Crippen LogP contribution in [-0.2, 0) is 4.79 Å². The minimum Gasteiger partial charge on any atom is -0.495 e. The van der Waals surface area contributed by atoms with E-state index in [0.29, 0.717) is 35.3 Å². The van der Waals surface area contributed by atoms with Crippen LogP contribution in [0.2, 0.25) is 0 Å². The van der Waals surface area contributed by atoms with Crippen LogP contribution < -0.4 is 24.3 Å². The van der Waals surface area contributed by atoms with E-state index in [9.17, 15) is 4.79 Å². The Bertz CT molecular complexity index is 735. The molecule has 2 aromatic rings. The van der Waals surface area contributed by atoms with Gasteiger partial charge in [0.05, 0.1) is 31.0 Å². The van der Waals surface area contributed by atoms with Crippen LogP contribution in [0.5, 0.6) is 23.0 Å². The molecule has 0 aromatic heterocycles. The Balaban J connectivity index is 2.06. The number of para-hydroxylation sites is 2. The number of benzene rings is 2. The molecular formula is C18H20BrNO5. The second-order valence-corrected chi connectivity index (χ2v) is 5.76. The summed E-state index contributed by atoms with van der Waals surface area (Å²) in [6.45, 7) is 2.24. The Morgan fingerprint density at radius 3 is 2.24 bits per heavy atom. The molecule has 0 aliphatic carbocycles. The summed E-state index contributed by atoms with van der Waals surface area (Å²) in [5, 5.41) is 2.75. The third kappa shape index (κ3) is 5.03. The van der Waals surface area contributed by atoms with Crippen LogP contribution in [0.15, 0.2) is 40.9 Å². The first-order chi connectivity index (χ1) is 12.1. The van der Waals surface area contributed by atoms with Gasteiger partial charge in [0.1, 0.15) is 11.5 Å². The van der Waals surface area contributed by atoms with Crippen molar-refractivity contribution in [2.24, 2.45) is 0 Å². The fourth-order valence-electron chi connectivity index (χ4n) is 2.13. The summed E-state index contributed by atoms with van der Waals surface area (Å²) in [5.41, 5.74) is 0.495. The van der Waals surface area contributed by atoms with Crippen molar-refractivity contribution in [2.75, 3.05) is 32.8 Å². The zero-order chi connectivity index (χ0) is 18.2. The van der Waals surface area contributed by atoms with Crippen molar-refractivity contribution < 1.29 is 23.7 Å². The van der Waals surface area contributed by atoms with Crippen molar-refractivity contribution in [1.29, 1.82) is 0 Å². The van der Waals surface area contributed by atoms with Gasteiger partial charge in [0.25, 0.3) is 5.91 Å². The highest BCUT2D eigenvalue weighted by molar-refractivity contribution is 9.10. The number of amides is 1. The molecule has 1 N–H and O–H groups in total. The molecule has 0 saturated carbocycles. The molecule has 2 rings (SSSR count). The Labute approximate surface area is 155 Å². The molecule has 0 fully saturated rings. The maximum atomic E-state index is 12.2. The van der Waals surface area contributed by atoms with Gasteiger partial charge in [-0.1, -0.05) is 12.1 Å². The summed E-state index contributed by atoms with van der Waals surface area (Å²) in [6.07, 6.45) is 0. The molecule has 0 atom stereocenters. The highest BCUT2D eigenvalue weighted by Crippen LogP contribution is 2.36. The van der Waals surface area contributed by atoms with Crippen LogP contribution in [0, 0.1) is 0 Å². The number of anilines is 1. The van der Waals surface area contributed by atoms with E-state index >= 15 is 0 Å². The number of hydrogen-bond acceptors (Lipinski definition) is 5. The third-order valence-corrected chi connectivity index (χ3v) is 3.88. The van der Waals surface area contributed by atoms with Gasteiger partial charge < -0.3 is 24.3 Å². The molecule has 7 heteroatoms. The second-order valence-electron chi connectivity index (χ2n) is 4.90. The van der Waals surface area contributed by atoms with Crippen molar-refractivity contribution in [2.45, 2.75) is 6.92 Å². The number of methoxy groups -OCH3 is 2. The molecule has 2 aromatic carbocycles. The Morgan fingerprint density at radius 1 is 1.00 bits per heavy atom. The second kappa shape index (κ2) is 9.17. The summed E-state index contributed by atoms with van der Waals surface area (Å²) >= 11 is 3.38. The summed E-state index contributed by atoms with van der Waals surface area (Å²) in [6, 6.07) is 10.6. The van der Waals surface area contributed by atoms with E-state index in [1.165, 1.54) is 7.11 Å². The van der Waals surface area contributed by atoms with Crippen LogP contribution in [0.3, 0.4) is 0 Å². The molecule has 0 radical (unpaired) electrons. The zero-order valence-corrected chi connectivity index (χ0v) is 15.9. The van der Waals surface area contributed by atoms with Gasteiger partial charge in [-0.25, -0.2) is 0 Å². The van der Waals surface area contributed by atoms with Gasteiger partial charge in [-0.2, -0.15) is 0 Å². The van der Waals surface area contributed by atoms with Crippen molar-refractivity contribution in [3.05, 3.63) is 40.9 Å². The molecule has 0 aliphatic rings. The number of carbonyl (C=O) groups is 1. The number of hydrogen-bond donors (Lipinski definition) is 1. The lowest BCUT2D eigenvalue weighted by Crippen LogP contribution is -2.20. The largest absolute Gasteiger partial charge is 0.495 e. The predicted octanol–water partition coefficient (Wildman–Crippen LogP) is 3.88. The van der Waals surface area contributed by atoms with Crippen LogP contribution in [-0.4, -0.2) is 33.3 Å². The summed E-state index contributed by atoms with van der Waals surface area (Å²) in [4.78, 5) is 12.2. The topological polar surface area (TPSA) is 66.0 Å². The van der Waals surface area contributed by atoms with Crippen LogP contribution in [0.25, 0.3) is 0 Å². The average molecular weight is 410 g/mol. The lowest BCUT2D eigenvalue weighted by atomic mass is 10.2. The average Bonchev–Trinajstić information content (AvgIpc) is 2.62. The molecule has 1 amide bonds. The molecule has 0 heterocycles. The lowest BCUT2D eigenvalue weighted by Gasteiger charge is -2.14. The van der Waals surface area contributed by atoms with Gasteiger partial charge in [-0.15, -0.1) is 0 Å². The van der Waals surface area contributed by atoms with Crippen molar-refractivity contribution in [3.63, 3.8) is 0 Å². The molecule has 0 unspecified atom stereocenters. The van der Waals surface area contributed by atoms with Crippen molar-refractivity contribution >= 4 is 27.5 Å². The van der Waals surface area contributed by atoms with E-state index in [1.807, 2.05) is 19.1 Å². The third-order valence-electron chi connectivity index (χ3n) is 3.26. The minimum absolute atomic E-state index is 0.161. The zero-order valence-electron chi connectivity index (χ0n) is 14.3. The highest BCUT2D eigenvalue weighted by Gasteiger charge is 2.13. The van der Waals surface area contributed by atoms with Gasteiger partial charge in [0.15, 0.2) is 18.1 Å². The molecule has 0 aliphatic heterocycles. The normalized spacial score (nSPS) is 10.1. The standard InChI is InChI=1S/C18H20BrNO5/c1-4-24-14-7-5-6-8-15(14)25-11-18(21)20-13-10-16(22-2)12(19)9-17(13)23-3/h5-10H,4,11H2,1-3H3,(H,20,21). The molecule has 0 saturated heterocycles. The van der Waals surface area contributed by atoms with E-state index in [1.54, 1.807) is 31.4 Å². The van der Waals surface area contributed by atoms with E-state index in [4.69, 9.17) is 18.9 Å². The first-order valence-electron chi connectivity index (χ1n) is 7.65. The first-order valence-corrected chi connectivity index (χ1v) is 8.44. The predicted molar refractivity (Wildman–Crippen MR) is 99.0 cm³/mol. The maximum absolute atomic E-state index is 12.2. The van der Waals surface area contributed by atoms with Crippen molar-refractivity contribution in [3.8, 4) is 23.0 Å². The van der Waals surface area contributed by atoms with E-state index < -0.39 is 0 Å². The molecule has 0 spiro atoms. The minimum atomic E-state index is -0.325. The summed E-state index contributed by atoms with van der Waals surface area (Å²) < 4.78 is 22.3. The SMILES string of the molecule is CCOc1ccccc1OCC(=O)Nc1cc(OC)c(Br)cc1OC. The fraction of sp³-hybridized carbons (Fsp3) is 0.278. The number of carbonyl (C=O) groups excluding carboxylic acids is 1. The Kier molecular flexibility index (Phi) is 6.94. The van der Waals surface area contributed by atoms with Crippen LogP contribution in [0.4, 0.5) is 5.69 Å². The quantitative estimate of drug-likeness (QED) is 0.716. The van der Waals surface area contributed by atoms with E-state index in [0.717, 1.165) is 4.47 Å². The van der Waals surface area contributed by atoms with Crippen LogP contribution >= 0.6 is 15.9 Å². The molecule has 25 heavy (non-hydrogen) atoms. The number of rotatable bonds is 8. The number of ether oxygens (including phenoxy) is 4. The Morgan fingerprint density at radius 2 is 1.64 bits per heavy atom. The van der Waals surface area contributed by atoms with Gasteiger partial charge >= 0.3 is 0 Å². The van der Waals surface area contributed by atoms with Crippen molar-refractivity contribution in [1.82, 2.24) is 0 Å². The molecule has 134 valence electrons. The summed E-state index contributed by atoms with van der Waals surface area (Å²) in [7, 11) is 3.07. The smallest absolute Gasteiger partial charge is 0.262 e. The van der Waals surface area contributed by atoms with Gasteiger partial charge in [0, 0.05) is 12.1 Å². The monoisotopic (exact) mass is 409 g/mol. The highest BCUT2D eigenvalue weighted by atomic mass is 79.9. The first kappa shape index (κ1) is 18.9. The lowest BCUT2D eigenvalue weighted by molar-refractivity contribution is -0.118. The Hall–Kier alpha value is -2.41. The number of nitrogens with one attached hydrogen (secondary N) is 1.